The van der Waals surface area contributed by atoms with Crippen LogP contribution in [0, 0.1) is 0 Å². The normalized spacial score (nSPS) is 18.6. The lowest BCUT2D eigenvalue weighted by atomic mass is 9.93. The van der Waals surface area contributed by atoms with Crippen LogP contribution < -0.4 is 0 Å². The van der Waals surface area contributed by atoms with Crippen molar-refractivity contribution in [2.24, 2.45) is 5.16 Å². The van der Waals surface area contributed by atoms with Crippen molar-refractivity contribution in [1.82, 2.24) is 0 Å². The fourth-order valence-electron chi connectivity index (χ4n) is 2.57. The van der Waals surface area contributed by atoms with Crippen molar-refractivity contribution in [3.8, 4) is 0 Å². The molecule has 4 nitrogen and oxygen atoms in total. The summed E-state index contributed by atoms with van der Waals surface area (Å²) in [5.74, 6) is -0.959. The van der Waals surface area contributed by atoms with E-state index >= 15 is 0 Å². The average Bonchev–Trinajstić information content (AvgIpc) is 2.54. The highest BCUT2D eigenvalue weighted by Crippen LogP contribution is 2.29. The first-order valence-electron chi connectivity index (χ1n) is 6.99. The van der Waals surface area contributed by atoms with Crippen LogP contribution in [0.4, 0.5) is 0 Å². The zero-order valence-corrected chi connectivity index (χ0v) is 12.2. The van der Waals surface area contributed by atoms with Gasteiger partial charge in [0.05, 0.1) is 5.71 Å². The molecule has 108 valence electrons. The smallest absolute Gasteiger partial charge is 0.233 e. The Labute approximate surface area is 127 Å². The van der Waals surface area contributed by atoms with Crippen molar-refractivity contribution >= 4 is 28.9 Å². The van der Waals surface area contributed by atoms with Crippen LogP contribution in [0.3, 0.4) is 0 Å². The molecular weight excluding hydrogens is 290 g/mol. The number of halogens is 1. The van der Waals surface area contributed by atoms with Crippen LogP contribution in [-0.2, 0) is 4.84 Å². The van der Waals surface area contributed by atoms with Gasteiger partial charge >= 0.3 is 0 Å². The summed E-state index contributed by atoms with van der Waals surface area (Å²) in [4.78, 5) is 29.7. The molecule has 21 heavy (non-hydrogen) atoms. The van der Waals surface area contributed by atoms with Crippen molar-refractivity contribution in [3.63, 3.8) is 0 Å². The lowest BCUT2D eigenvalue weighted by Crippen LogP contribution is -2.21. The number of Topliss-reactive ketones (excluding diaryl/α,β-unsaturated/α-hetero) is 2. The monoisotopic (exact) mass is 303 g/mol. The van der Waals surface area contributed by atoms with E-state index in [0.717, 1.165) is 31.4 Å². The first kappa shape index (κ1) is 14.0. The molecule has 5 heteroatoms. The number of carbonyl (C=O) groups excluding carboxylic acids is 2. The number of benzene rings is 1. The van der Waals surface area contributed by atoms with Gasteiger partial charge in [0.1, 0.15) is 5.03 Å². The maximum absolute atomic E-state index is 12.4. The molecule has 0 unspecified atom stereocenters. The summed E-state index contributed by atoms with van der Waals surface area (Å²) < 4.78 is 0. The summed E-state index contributed by atoms with van der Waals surface area (Å²) in [6, 6.07) is 6.58. The van der Waals surface area contributed by atoms with Crippen molar-refractivity contribution < 1.29 is 14.4 Å². The summed E-state index contributed by atoms with van der Waals surface area (Å²) in [5.41, 5.74) is 1.54. The summed E-state index contributed by atoms with van der Waals surface area (Å²) in [7, 11) is 0. The second-order valence-electron chi connectivity index (χ2n) is 5.16. The number of carbonyl (C=O) groups is 2. The Kier molecular flexibility index (Phi) is 3.88. The van der Waals surface area contributed by atoms with Crippen LogP contribution in [0.1, 0.15) is 52.8 Å². The maximum Gasteiger partial charge on any atom is 0.233 e. The number of allylic oxidation sites excluding steroid dienone is 2. The molecule has 2 aliphatic carbocycles. The quantitative estimate of drug-likeness (QED) is 0.780. The number of nitrogens with zero attached hydrogens (tertiary/aromatic N) is 1. The van der Waals surface area contributed by atoms with Gasteiger partial charge < -0.3 is 4.84 Å². The number of hydrogen-bond donors (Lipinski definition) is 0. The predicted molar refractivity (Wildman–Crippen MR) is 79.6 cm³/mol. The third-order valence-corrected chi connectivity index (χ3v) is 4.06. The maximum atomic E-state index is 12.4. The zero-order valence-electron chi connectivity index (χ0n) is 11.4. The molecule has 0 N–H and O–H groups in total. The van der Waals surface area contributed by atoms with Crippen molar-refractivity contribution in [2.75, 3.05) is 0 Å². The molecule has 0 saturated heterocycles. The van der Waals surface area contributed by atoms with Gasteiger partial charge in [-0.1, -0.05) is 47.4 Å². The highest BCUT2D eigenvalue weighted by Gasteiger charge is 2.33. The molecule has 0 aliphatic heterocycles. The third-order valence-electron chi connectivity index (χ3n) is 3.72. The Bertz CT molecular complexity index is 668. The molecular formula is C16H14ClNO3. The Balaban J connectivity index is 1.90. The largest absolute Gasteiger partial charge is 0.351 e. The van der Waals surface area contributed by atoms with E-state index < -0.39 is 11.6 Å². The Morgan fingerprint density at radius 3 is 2.24 bits per heavy atom. The second kappa shape index (κ2) is 5.82. The van der Waals surface area contributed by atoms with E-state index in [2.05, 4.69) is 5.16 Å². The van der Waals surface area contributed by atoms with Crippen molar-refractivity contribution in [1.29, 1.82) is 0 Å². The minimum Gasteiger partial charge on any atom is -0.351 e. The average molecular weight is 304 g/mol. The molecule has 0 heterocycles. The minimum atomic E-state index is -0.397. The van der Waals surface area contributed by atoms with Gasteiger partial charge in [-0.2, -0.15) is 0 Å². The first-order valence-corrected chi connectivity index (χ1v) is 7.37. The topological polar surface area (TPSA) is 55.7 Å². The van der Waals surface area contributed by atoms with E-state index in [-0.39, 0.29) is 10.8 Å². The third kappa shape index (κ3) is 2.63. The Hall–Kier alpha value is -1.94. The summed E-state index contributed by atoms with van der Waals surface area (Å²) in [6.07, 6.45) is 5.07. The number of oxime groups is 1. The van der Waals surface area contributed by atoms with E-state index in [0.29, 0.717) is 11.1 Å². The fourth-order valence-corrected chi connectivity index (χ4v) is 2.79. The van der Waals surface area contributed by atoms with Gasteiger partial charge in [0.2, 0.25) is 17.3 Å². The van der Waals surface area contributed by atoms with Crippen LogP contribution in [-0.4, -0.2) is 17.3 Å². The molecule has 1 aromatic rings. The van der Waals surface area contributed by atoms with Crippen LogP contribution in [0.15, 0.2) is 40.2 Å². The first-order chi connectivity index (χ1) is 10.2. The molecule has 0 amide bonds. The highest BCUT2D eigenvalue weighted by molar-refractivity contribution is 6.49. The molecule has 0 aromatic heterocycles. The Morgan fingerprint density at radius 1 is 0.952 bits per heavy atom. The van der Waals surface area contributed by atoms with Gasteiger partial charge in [0.25, 0.3) is 0 Å². The van der Waals surface area contributed by atoms with Gasteiger partial charge in [-0.05, 0) is 25.7 Å². The lowest BCUT2D eigenvalue weighted by Gasteiger charge is -2.16. The number of hydrogen-bond acceptors (Lipinski definition) is 4. The van der Waals surface area contributed by atoms with Crippen LogP contribution in [0.2, 0.25) is 0 Å². The predicted octanol–water partition coefficient (Wildman–Crippen LogP) is 3.85. The summed E-state index contributed by atoms with van der Waals surface area (Å²) >= 11 is 5.99. The molecule has 0 radical (unpaired) electrons. The highest BCUT2D eigenvalue weighted by atomic mass is 35.5. The van der Waals surface area contributed by atoms with E-state index in [1.54, 1.807) is 24.3 Å². The number of rotatable bonds is 2. The van der Waals surface area contributed by atoms with Gasteiger partial charge in [0, 0.05) is 11.1 Å². The number of fused-ring (bicyclic) bond motifs is 1. The standard InChI is InChI=1S/C16H14ClNO3/c17-13-14(19)11-8-4-5-9-12(11)15(20)16(13)21-18-10-6-2-1-3-7-10/h4-5,8-9H,1-3,6-7H2. The number of ketones is 2. The molecule has 0 atom stereocenters. The molecule has 0 bridgehead atoms. The Morgan fingerprint density at radius 2 is 1.57 bits per heavy atom. The summed E-state index contributed by atoms with van der Waals surface area (Å²) in [5, 5.41) is 3.82. The molecule has 1 fully saturated rings. The molecule has 1 saturated carbocycles. The second-order valence-corrected chi connectivity index (χ2v) is 5.53. The van der Waals surface area contributed by atoms with Crippen LogP contribution in [0.5, 0.6) is 0 Å². The molecule has 1 aromatic carbocycles. The SMILES string of the molecule is O=C1C(Cl)=C(ON=C2CCCCC2)C(=O)c2ccccc21. The zero-order chi connectivity index (χ0) is 14.8. The van der Waals surface area contributed by atoms with E-state index in [1.165, 1.54) is 6.42 Å². The molecule has 2 aliphatic rings. The summed E-state index contributed by atoms with van der Waals surface area (Å²) in [6.45, 7) is 0. The van der Waals surface area contributed by atoms with Gasteiger partial charge in [-0.3, -0.25) is 9.59 Å². The lowest BCUT2D eigenvalue weighted by molar-refractivity contribution is 0.0884. The van der Waals surface area contributed by atoms with Crippen LogP contribution >= 0.6 is 11.6 Å². The van der Waals surface area contributed by atoms with Crippen molar-refractivity contribution in [3.05, 3.63) is 46.2 Å². The molecule has 0 spiro atoms. The minimum absolute atomic E-state index is 0.168. The van der Waals surface area contributed by atoms with E-state index in [9.17, 15) is 9.59 Å². The van der Waals surface area contributed by atoms with Crippen molar-refractivity contribution in [2.45, 2.75) is 32.1 Å². The van der Waals surface area contributed by atoms with Crippen LogP contribution in [0.25, 0.3) is 0 Å². The van der Waals surface area contributed by atoms with Gasteiger partial charge in [0.15, 0.2) is 0 Å². The van der Waals surface area contributed by atoms with E-state index in [4.69, 9.17) is 16.4 Å². The van der Waals surface area contributed by atoms with Gasteiger partial charge in [-0.25, -0.2) is 0 Å². The fraction of sp³-hybridized carbons (Fsp3) is 0.312. The van der Waals surface area contributed by atoms with E-state index in [1.807, 2.05) is 0 Å². The van der Waals surface area contributed by atoms with Gasteiger partial charge in [-0.15, -0.1) is 0 Å². The molecule has 3 rings (SSSR count).